The smallest absolute Gasteiger partial charge is 0.295 e. The second-order valence-corrected chi connectivity index (χ2v) is 3.91. The van der Waals surface area contributed by atoms with Crippen LogP contribution >= 0.6 is 0 Å². The zero-order valence-corrected chi connectivity index (χ0v) is 12.6. The van der Waals surface area contributed by atoms with Crippen LogP contribution in [0.25, 0.3) is 22.5 Å². The van der Waals surface area contributed by atoms with E-state index in [9.17, 15) is 0 Å². The van der Waals surface area contributed by atoms with Crippen LogP contribution in [-0.4, -0.2) is 9.97 Å². The number of nitrogens with zero attached hydrogens (tertiary/aromatic N) is 2. The third-order valence-electron chi connectivity index (χ3n) is 2.68. The topological polar surface area (TPSA) is 25.8 Å². The van der Waals surface area contributed by atoms with Crippen molar-refractivity contribution in [2.75, 3.05) is 0 Å². The van der Waals surface area contributed by atoms with E-state index < -0.39 is 0 Å². The van der Waals surface area contributed by atoms with Gasteiger partial charge in [-0.15, -0.1) is 24.3 Å². The van der Waals surface area contributed by atoms with Gasteiger partial charge in [0.25, 0.3) is 0 Å². The minimum atomic E-state index is 0. The molecule has 0 saturated carbocycles. The van der Waals surface area contributed by atoms with Crippen molar-refractivity contribution < 1.29 is 19.8 Å². The third-order valence-corrected chi connectivity index (χ3v) is 2.68. The maximum absolute atomic E-state index is 4.33. The molecule has 0 N–H and O–H groups in total. The van der Waals surface area contributed by atoms with Crippen molar-refractivity contribution in [2.24, 2.45) is 0 Å². The fourth-order valence-corrected chi connectivity index (χ4v) is 1.81. The van der Waals surface area contributed by atoms with Crippen LogP contribution in [-0.2, 0) is 19.8 Å². The van der Waals surface area contributed by atoms with Crippen LogP contribution in [0, 0.1) is 6.07 Å². The van der Waals surface area contributed by atoms with Crippen molar-refractivity contribution >= 4 is 0 Å². The summed E-state index contributed by atoms with van der Waals surface area (Å²) >= 11 is 0. The van der Waals surface area contributed by atoms with E-state index in [0.717, 1.165) is 22.5 Å². The summed E-state index contributed by atoms with van der Waals surface area (Å²) < 4.78 is 0. The van der Waals surface area contributed by atoms with Crippen LogP contribution in [0.1, 0.15) is 0 Å². The number of pyridine rings is 2. The second kappa shape index (κ2) is 6.36. The van der Waals surface area contributed by atoms with E-state index in [-0.39, 0.29) is 19.8 Å². The molecule has 0 aliphatic carbocycles. The van der Waals surface area contributed by atoms with Gasteiger partial charge in [-0.05, 0) is 12.1 Å². The van der Waals surface area contributed by atoms with Crippen LogP contribution < -0.4 is 0 Å². The summed E-state index contributed by atoms with van der Waals surface area (Å²) in [7, 11) is 0. The first-order valence-corrected chi connectivity index (χ1v) is 5.78. The summed E-state index contributed by atoms with van der Waals surface area (Å²) in [5.74, 6) is 0. The molecule has 2 heterocycles. The van der Waals surface area contributed by atoms with E-state index in [4.69, 9.17) is 0 Å². The molecule has 19 heavy (non-hydrogen) atoms. The molecular formula is C16H11N2Os. The van der Waals surface area contributed by atoms with Gasteiger partial charge in [-0.1, -0.05) is 35.4 Å². The van der Waals surface area contributed by atoms with E-state index in [1.165, 1.54) is 0 Å². The van der Waals surface area contributed by atoms with Crippen molar-refractivity contribution in [3.05, 3.63) is 73.1 Å². The first-order chi connectivity index (χ1) is 8.93. The monoisotopic (exact) mass is 423 g/mol. The minimum absolute atomic E-state index is 0. The van der Waals surface area contributed by atoms with Crippen LogP contribution in [0.5, 0.6) is 0 Å². The molecule has 0 fully saturated rings. The average molecular weight is 422 g/mol. The standard InChI is InChI=1S/C16H11N2.Os/c1-3-10-17-15(8-1)13-6-5-7-14(12-13)16-9-2-4-11-18-16;/h1-11H;/q-1;+1. The maximum atomic E-state index is 4.33. The van der Waals surface area contributed by atoms with E-state index in [2.05, 4.69) is 16.0 Å². The maximum Gasteiger partial charge on any atom is 1.00 e. The number of hydrogen-bond acceptors (Lipinski definition) is 2. The zero-order chi connectivity index (χ0) is 12.2. The molecular weight excluding hydrogens is 410 g/mol. The molecule has 2 nitrogen and oxygen atoms in total. The first-order valence-electron chi connectivity index (χ1n) is 5.78. The Morgan fingerprint density at radius 3 is 1.58 bits per heavy atom. The quantitative estimate of drug-likeness (QED) is 0.591. The van der Waals surface area contributed by atoms with Gasteiger partial charge in [-0.25, -0.2) is 0 Å². The molecule has 3 aromatic rings. The summed E-state index contributed by atoms with van der Waals surface area (Å²) in [6, 6.07) is 21.1. The Kier molecular flexibility index (Phi) is 4.55. The van der Waals surface area contributed by atoms with Crippen molar-refractivity contribution in [1.29, 1.82) is 0 Å². The molecule has 0 aliphatic rings. The molecule has 0 aliphatic heterocycles. The summed E-state index contributed by atoms with van der Waals surface area (Å²) in [6.07, 6.45) is 3.58. The summed E-state index contributed by atoms with van der Waals surface area (Å²) in [6.45, 7) is 0. The van der Waals surface area contributed by atoms with Crippen LogP contribution in [0.15, 0.2) is 67.0 Å². The number of benzene rings is 1. The van der Waals surface area contributed by atoms with Crippen molar-refractivity contribution in [3.8, 4) is 22.5 Å². The largest absolute Gasteiger partial charge is 1.00 e. The molecule has 0 spiro atoms. The number of rotatable bonds is 2. The van der Waals surface area contributed by atoms with Crippen molar-refractivity contribution in [1.82, 2.24) is 9.97 Å². The van der Waals surface area contributed by atoms with Crippen LogP contribution in [0.2, 0.25) is 0 Å². The van der Waals surface area contributed by atoms with Crippen LogP contribution in [0.3, 0.4) is 0 Å². The molecule has 1 aromatic carbocycles. The molecule has 1 radical (unpaired) electrons. The van der Waals surface area contributed by atoms with Gasteiger partial charge >= 0.3 is 19.8 Å². The fourth-order valence-electron chi connectivity index (χ4n) is 1.81. The molecule has 0 amide bonds. The van der Waals surface area contributed by atoms with Gasteiger partial charge in [0.15, 0.2) is 0 Å². The Bertz CT molecular complexity index is 584. The van der Waals surface area contributed by atoms with E-state index in [1.807, 2.05) is 54.6 Å². The summed E-state index contributed by atoms with van der Waals surface area (Å²) in [5.41, 5.74) is 3.82. The molecule has 3 rings (SSSR count). The zero-order valence-electron chi connectivity index (χ0n) is 10.1. The predicted octanol–water partition coefficient (Wildman–Crippen LogP) is 3.61. The fraction of sp³-hybridized carbons (Fsp3) is 0. The second-order valence-electron chi connectivity index (χ2n) is 3.91. The van der Waals surface area contributed by atoms with Crippen LogP contribution in [0.4, 0.5) is 0 Å². The van der Waals surface area contributed by atoms with Gasteiger partial charge in [-0.3, -0.25) is 9.97 Å². The summed E-state index contributed by atoms with van der Waals surface area (Å²) in [5, 5.41) is 0. The van der Waals surface area contributed by atoms with E-state index >= 15 is 0 Å². The molecule has 0 atom stereocenters. The molecule has 0 bridgehead atoms. The number of aromatic nitrogens is 2. The van der Waals surface area contributed by atoms with E-state index in [1.54, 1.807) is 12.4 Å². The molecule has 3 heteroatoms. The molecule has 93 valence electrons. The Morgan fingerprint density at radius 1 is 0.632 bits per heavy atom. The summed E-state index contributed by atoms with van der Waals surface area (Å²) in [4.78, 5) is 8.66. The van der Waals surface area contributed by atoms with Gasteiger partial charge in [-0.2, -0.15) is 0 Å². The Hall–Kier alpha value is -1.84. The predicted molar refractivity (Wildman–Crippen MR) is 71.7 cm³/mol. The van der Waals surface area contributed by atoms with Gasteiger partial charge in [0.05, 0.1) is 0 Å². The van der Waals surface area contributed by atoms with Crippen molar-refractivity contribution in [3.63, 3.8) is 0 Å². The molecule has 0 saturated heterocycles. The van der Waals surface area contributed by atoms with Gasteiger partial charge in [0.2, 0.25) is 0 Å². The number of hydrogen-bond donors (Lipinski definition) is 0. The molecule has 2 aromatic heterocycles. The average Bonchev–Trinajstić information content (AvgIpc) is 2.49. The third kappa shape index (κ3) is 3.13. The van der Waals surface area contributed by atoms with Crippen molar-refractivity contribution in [2.45, 2.75) is 0 Å². The Labute approximate surface area is 125 Å². The van der Waals surface area contributed by atoms with Gasteiger partial charge < -0.3 is 0 Å². The normalized spacial score (nSPS) is 9.68. The Morgan fingerprint density at radius 2 is 1.16 bits per heavy atom. The first kappa shape index (κ1) is 13.6. The Balaban J connectivity index is 0.00000133. The van der Waals surface area contributed by atoms with Gasteiger partial charge in [0.1, 0.15) is 0 Å². The van der Waals surface area contributed by atoms with Gasteiger partial charge in [0, 0.05) is 23.8 Å². The van der Waals surface area contributed by atoms with E-state index in [0.29, 0.717) is 0 Å². The molecule has 0 unspecified atom stereocenters. The minimum Gasteiger partial charge on any atom is -0.295 e. The SMILES string of the molecule is [Os+].[c-]1c(-c2ccccn2)cccc1-c1ccccn1.